The second kappa shape index (κ2) is 8.89. The average Bonchev–Trinajstić information content (AvgIpc) is 3.40. The molecule has 0 atom stereocenters. The summed E-state index contributed by atoms with van der Waals surface area (Å²) in [5, 5.41) is 3.20. The number of nitrogens with zero attached hydrogens (tertiary/aromatic N) is 4. The lowest BCUT2D eigenvalue weighted by atomic mass is 10.1. The Labute approximate surface area is 202 Å². The molecule has 5 rings (SSSR count). The van der Waals surface area contributed by atoms with Crippen LogP contribution < -0.4 is 11.1 Å². The Morgan fingerprint density at radius 3 is 2.64 bits per heavy atom. The minimum atomic E-state index is -0.0984. The highest BCUT2D eigenvalue weighted by atomic mass is 32.2. The van der Waals surface area contributed by atoms with E-state index in [1.807, 2.05) is 31.4 Å². The molecule has 9 heteroatoms. The van der Waals surface area contributed by atoms with Crippen molar-refractivity contribution in [2.45, 2.75) is 44.6 Å². The van der Waals surface area contributed by atoms with Crippen molar-refractivity contribution in [3.8, 4) is 0 Å². The largest absolute Gasteiger partial charge is 0.283 e. The monoisotopic (exact) mass is 494 g/mol. The third-order valence-corrected chi connectivity index (χ3v) is 8.70. The average molecular weight is 495 g/mol. The summed E-state index contributed by atoms with van der Waals surface area (Å²) in [7, 11) is 0. The van der Waals surface area contributed by atoms with Crippen LogP contribution in [0.15, 0.2) is 56.7 Å². The van der Waals surface area contributed by atoms with E-state index in [0.29, 0.717) is 33.5 Å². The highest BCUT2D eigenvalue weighted by Gasteiger charge is 2.18. The van der Waals surface area contributed by atoms with Gasteiger partial charge in [0.2, 0.25) is 0 Å². The van der Waals surface area contributed by atoms with Gasteiger partial charge >= 0.3 is 0 Å². The first kappa shape index (κ1) is 22.1. The van der Waals surface area contributed by atoms with E-state index in [1.54, 1.807) is 28.2 Å². The zero-order valence-corrected chi connectivity index (χ0v) is 20.9. The Bertz CT molecular complexity index is 1590. The van der Waals surface area contributed by atoms with Gasteiger partial charge in [-0.2, -0.15) is 0 Å². The minimum absolute atomic E-state index is 0.0155. The van der Waals surface area contributed by atoms with Gasteiger partial charge in [0.05, 0.1) is 17.6 Å². The lowest BCUT2D eigenvalue weighted by molar-refractivity contribution is 0.658. The van der Waals surface area contributed by atoms with Crippen molar-refractivity contribution >= 4 is 49.6 Å². The fourth-order valence-electron chi connectivity index (χ4n) is 3.81. The van der Waals surface area contributed by atoms with Gasteiger partial charge < -0.3 is 0 Å². The summed E-state index contributed by atoms with van der Waals surface area (Å²) in [4.78, 5) is 38.1. The van der Waals surface area contributed by atoms with E-state index in [2.05, 4.69) is 24.0 Å². The van der Waals surface area contributed by atoms with Crippen molar-refractivity contribution in [2.24, 2.45) is 0 Å². The molecule has 0 saturated carbocycles. The normalized spacial score (nSPS) is 11.6. The highest BCUT2D eigenvalue weighted by Crippen LogP contribution is 2.30. The van der Waals surface area contributed by atoms with Crippen molar-refractivity contribution in [2.75, 3.05) is 0 Å². The van der Waals surface area contributed by atoms with E-state index in [-0.39, 0.29) is 11.1 Å². The van der Waals surface area contributed by atoms with E-state index in [9.17, 15) is 9.59 Å². The summed E-state index contributed by atoms with van der Waals surface area (Å²) < 4.78 is 3.30. The number of hydrogen-bond acceptors (Lipinski definition) is 7. The van der Waals surface area contributed by atoms with Crippen LogP contribution in [0.3, 0.4) is 0 Å². The summed E-state index contributed by atoms with van der Waals surface area (Å²) in [5.41, 5.74) is 3.82. The number of aromatic nitrogens is 4. The first-order valence-electron chi connectivity index (χ1n) is 10.6. The number of benzene rings is 1. The molecule has 1 aromatic carbocycles. The van der Waals surface area contributed by atoms with Gasteiger partial charge in [-0.25, -0.2) is 9.97 Å². The fraction of sp³-hybridized carbons (Fsp3) is 0.250. The molecule has 0 unspecified atom stereocenters. The molecular weight excluding hydrogens is 472 g/mol. The molecule has 0 aliphatic heterocycles. The molecule has 5 aromatic rings. The Balaban J connectivity index is 1.58. The van der Waals surface area contributed by atoms with Crippen molar-refractivity contribution < 1.29 is 0 Å². The molecule has 0 aliphatic rings. The summed E-state index contributed by atoms with van der Waals surface area (Å²) in [6, 6.07) is 9.75. The second-order valence-electron chi connectivity index (χ2n) is 7.89. The molecule has 4 heterocycles. The van der Waals surface area contributed by atoms with Gasteiger partial charge in [0.25, 0.3) is 11.1 Å². The van der Waals surface area contributed by atoms with E-state index in [0.717, 1.165) is 22.4 Å². The summed E-state index contributed by atoms with van der Waals surface area (Å²) in [6.07, 6.45) is 2.60. The Morgan fingerprint density at radius 1 is 1.09 bits per heavy atom. The molecule has 0 amide bonds. The lowest BCUT2D eigenvalue weighted by Gasteiger charge is -2.12. The third-order valence-electron chi connectivity index (χ3n) is 5.60. The molecule has 0 spiro atoms. The lowest BCUT2D eigenvalue weighted by Crippen LogP contribution is -2.24. The van der Waals surface area contributed by atoms with Crippen LogP contribution in [-0.2, 0) is 18.7 Å². The van der Waals surface area contributed by atoms with Crippen molar-refractivity contribution in [3.05, 3.63) is 89.9 Å². The van der Waals surface area contributed by atoms with E-state index < -0.39 is 0 Å². The van der Waals surface area contributed by atoms with Gasteiger partial charge in [0.15, 0.2) is 10.1 Å². The zero-order valence-electron chi connectivity index (χ0n) is 18.5. The smallest absolute Gasteiger partial charge is 0.263 e. The Morgan fingerprint density at radius 2 is 1.88 bits per heavy atom. The zero-order chi connectivity index (χ0) is 23.1. The highest BCUT2D eigenvalue weighted by molar-refractivity contribution is 7.98. The van der Waals surface area contributed by atoms with Crippen LogP contribution >= 0.6 is 34.4 Å². The van der Waals surface area contributed by atoms with Crippen LogP contribution in [0, 0.1) is 13.8 Å². The van der Waals surface area contributed by atoms with Gasteiger partial charge in [-0.3, -0.25) is 18.6 Å². The van der Waals surface area contributed by atoms with Crippen LogP contribution in [0.2, 0.25) is 0 Å². The van der Waals surface area contributed by atoms with Gasteiger partial charge in [-0.15, -0.1) is 22.7 Å². The summed E-state index contributed by atoms with van der Waals surface area (Å²) >= 11 is 4.47. The molecule has 0 radical (unpaired) electrons. The van der Waals surface area contributed by atoms with Crippen LogP contribution in [0.25, 0.3) is 15.2 Å². The molecule has 33 heavy (non-hydrogen) atoms. The van der Waals surface area contributed by atoms with Gasteiger partial charge in [0, 0.05) is 28.3 Å². The van der Waals surface area contributed by atoms with Crippen molar-refractivity contribution in [1.29, 1.82) is 0 Å². The molecule has 0 bridgehead atoms. The SMILES string of the molecule is CCc1sc2nc(SCc3cc(=O)n4ccsc4n3)n(Cc3ccc(C)cc3)c(=O)c2c1C. The van der Waals surface area contributed by atoms with Gasteiger partial charge in [0.1, 0.15) is 4.83 Å². The number of rotatable bonds is 6. The standard InChI is InChI=1S/C24H22N4O2S3/c1-4-18-15(3)20-21(33-18)26-24(28(22(20)30)12-16-7-5-14(2)6-8-16)32-13-17-11-19(29)27-9-10-31-23(27)25-17/h5-11H,4,12-13H2,1-3H3. The number of thiazole rings is 1. The molecule has 0 N–H and O–H groups in total. The maximum Gasteiger partial charge on any atom is 0.263 e. The van der Waals surface area contributed by atoms with Crippen LogP contribution in [0.1, 0.15) is 34.2 Å². The molecule has 0 saturated heterocycles. The maximum absolute atomic E-state index is 13.6. The summed E-state index contributed by atoms with van der Waals surface area (Å²) in [6.45, 7) is 6.60. The molecule has 168 valence electrons. The Kier molecular flexibility index (Phi) is 5.94. The van der Waals surface area contributed by atoms with Crippen LogP contribution in [0.4, 0.5) is 0 Å². The van der Waals surface area contributed by atoms with Crippen molar-refractivity contribution in [3.63, 3.8) is 0 Å². The molecular formula is C24H22N4O2S3. The fourth-order valence-corrected chi connectivity index (χ4v) is 6.59. The predicted octanol–water partition coefficient (Wildman–Crippen LogP) is 5.05. The van der Waals surface area contributed by atoms with E-state index >= 15 is 0 Å². The molecule has 4 aromatic heterocycles. The second-order valence-corrected chi connectivity index (χ2v) is 10.8. The quantitative estimate of drug-likeness (QED) is 0.244. The third kappa shape index (κ3) is 4.16. The first-order valence-corrected chi connectivity index (χ1v) is 13.3. The molecule has 6 nitrogen and oxygen atoms in total. The first-order chi connectivity index (χ1) is 15.9. The summed E-state index contributed by atoms with van der Waals surface area (Å²) in [5.74, 6) is 0.459. The topological polar surface area (TPSA) is 69.3 Å². The van der Waals surface area contributed by atoms with Crippen molar-refractivity contribution in [1.82, 2.24) is 18.9 Å². The number of fused-ring (bicyclic) bond motifs is 2. The number of hydrogen-bond donors (Lipinski definition) is 0. The van der Waals surface area contributed by atoms with Gasteiger partial charge in [-0.1, -0.05) is 48.5 Å². The number of thioether (sulfide) groups is 1. The molecule has 0 fully saturated rings. The van der Waals surface area contributed by atoms with Crippen LogP contribution in [-0.4, -0.2) is 18.9 Å². The van der Waals surface area contributed by atoms with E-state index in [1.165, 1.54) is 37.9 Å². The maximum atomic E-state index is 13.6. The number of thiophene rings is 1. The van der Waals surface area contributed by atoms with Crippen LogP contribution in [0.5, 0.6) is 0 Å². The van der Waals surface area contributed by atoms with E-state index in [4.69, 9.17) is 4.98 Å². The predicted molar refractivity (Wildman–Crippen MR) is 137 cm³/mol. The number of aryl methyl sites for hydroxylation is 3. The van der Waals surface area contributed by atoms with Gasteiger partial charge in [-0.05, 0) is 31.4 Å². The Hall–Kier alpha value is -2.75. The molecule has 0 aliphatic carbocycles. The minimum Gasteiger partial charge on any atom is -0.283 e.